The Morgan fingerprint density at radius 2 is 1.10 bits per heavy atom. The number of benzene rings is 2. The van der Waals surface area contributed by atoms with Crippen LogP contribution in [-0.2, 0) is 9.13 Å². The molecule has 0 spiro atoms. The number of nitrogens with zero attached hydrogens (tertiary/aromatic N) is 4. The van der Waals surface area contributed by atoms with Gasteiger partial charge in [-0.3, -0.25) is 9.97 Å². The Morgan fingerprint density at radius 3 is 1.47 bits per heavy atom. The molecule has 4 N–H and O–H groups in total. The highest BCUT2D eigenvalue weighted by atomic mass is 35.5. The maximum atomic E-state index is 12.4. The average Bonchev–Trinajstić information content (AvgIpc) is 2.95. The lowest BCUT2D eigenvalue weighted by molar-refractivity contribution is 0.587. The summed E-state index contributed by atoms with van der Waals surface area (Å²) in [5, 5.41) is 1.65. The van der Waals surface area contributed by atoms with Crippen molar-refractivity contribution in [3.05, 3.63) is 72.0 Å². The van der Waals surface area contributed by atoms with E-state index in [1.54, 1.807) is 63.4 Å². The fourth-order valence-electron chi connectivity index (χ4n) is 3.64. The van der Waals surface area contributed by atoms with Crippen LogP contribution in [0.4, 0.5) is 11.4 Å². The van der Waals surface area contributed by atoms with Gasteiger partial charge in [0.1, 0.15) is 41.3 Å². The number of nitrogen functional groups attached to an aromatic ring is 2. The Hall–Kier alpha value is -3.50. The van der Waals surface area contributed by atoms with Gasteiger partial charge in [-0.2, -0.15) is 0 Å². The van der Waals surface area contributed by atoms with Crippen LogP contribution in [0.2, 0.25) is 44.4 Å². The summed E-state index contributed by atoms with van der Waals surface area (Å²) in [6, 6.07) is 10.8. The van der Waals surface area contributed by atoms with E-state index in [0.717, 1.165) is 11.1 Å². The van der Waals surface area contributed by atoms with Crippen LogP contribution in [-0.4, -0.2) is 62.7 Å². The van der Waals surface area contributed by atoms with Gasteiger partial charge in [-0.15, -0.1) is 17.5 Å². The first-order chi connectivity index (χ1) is 21.5. The van der Waals surface area contributed by atoms with E-state index < -0.39 is 30.4 Å². The van der Waals surface area contributed by atoms with Crippen molar-refractivity contribution >= 4 is 64.0 Å². The fraction of sp³-hybridized carbons (Fsp3) is 0.333. The minimum Gasteiger partial charge on any atom is -0.398 e. The number of halogens is 1. The van der Waals surface area contributed by atoms with Gasteiger partial charge in [-0.25, -0.2) is 9.97 Å². The predicted molar refractivity (Wildman–Crippen MR) is 223 cm³/mol. The van der Waals surface area contributed by atoms with E-state index in [4.69, 9.17) is 29.5 Å². The highest BCUT2D eigenvalue weighted by Gasteiger charge is 2.17. The van der Waals surface area contributed by atoms with Crippen LogP contribution in [0.5, 0.6) is 0 Å². The van der Waals surface area contributed by atoms with Crippen molar-refractivity contribution in [1.82, 2.24) is 19.9 Å². The van der Waals surface area contributed by atoms with Crippen LogP contribution in [0.1, 0.15) is 20.5 Å². The number of rotatable bonds is 4. The lowest BCUT2D eigenvalue weighted by atomic mass is 10.1. The molecule has 4 aromatic rings. The number of nitrogens with two attached hydrogens (primary N) is 2. The monoisotopic (exact) mass is 754 g/mol. The summed E-state index contributed by atoms with van der Waals surface area (Å²) in [5.41, 5.74) is 22.6. The third-order valence-corrected chi connectivity index (χ3v) is 11.1. The number of aromatic nitrogens is 4. The second kappa shape index (κ2) is 18.5. The lowest BCUT2D eigenvalue weighted by Gasteiger charge is -2.12. The molecule has 0 radical (unpaired) electrons. The van der Waals surface area contributed by atoms with Crippen molar-refractivity contribution in [1.29, 1.82) is 0 Å². The zero-order valence-corrected chi connectivity index (χ0v) is 33.4. The second-order valence-electron chi connectivity index (χ2n) is 13.7. The molecule has 0 aliphatic heterocycles. The smallest absolute Gasteiger partial charge is 0.148 e. The summed E-state index contributed by atoms with van der Waals surface area (Å²) >= 11 is 5.80. The summed E-state index contributed by atoms with van der Waals surface area (Å²) in [4.78, 5) is 16.9. The Balaban J connectivity index is 0.000000793. The highest BCUT2D eigenvalue weighted by Crippen LogP contribution is 2.39. The summed E-state index contributed by atoms with van der Waals surface area (Å²) in [5.74, 6) is 3.11. The minimum atomic E-state index is -2.45. The minimum absolute atomic E-state index is 0. The molecule has 8 nitrogen and oxygen atoms in total. The molecule has 0 bridgehead atoms. The Labute approximate surface area is 302 Å². The van der Waals surface area contributed by atoms with Crippen molar-refractivity contribution in [2.24, 2.45) is 0 Å². The van der Waals surface area contributed by atoms with Gasteiger partial charge in [0.05, 0.1) is 36.2 Å². The molecular weight excluding hydrogens is 702 g/mol. The van der Waals surface area contributed by atoms with Crippen LogP contribution >= 0.6 is 25.9 Å². The normalized spacial score (nSPS) is 11.0. The van der Waals surface area contributed by atoms with Crippen LogP contribution in [0.25, 0.3) is 22.5 Å². The molecule has 0 saturated carbocycles. The van der Waals surface area contributed by atoms with Crippen molar-refractivity contribution in [2.45, 2.75) is 54.1 Å². The van der Waals surface area contributed by atoms with Crippen molar-refractivity contribution < 1.29 is 9.13 Å². The first-order valence-electron chi connectivity index (χ1n) is 14.7. The van der Waals surface area contributed by atoms with E-state index in [1.165, 1.54) is 6.20 Å². The molecule has 0 aliphatic rings. The van der Waals surface area contributed by atoms with Gasteiger partial charge in [0.15, 0.2) is 0 Å². The Morgan fingerprint density at radius 1 is 0.694 bits per heavy atom. The second-order valence-corrected chi connectivity index (χ2v) is 30.0. The predicted octanol–water partition coefficient (Wildman–Crippen LogP) is 8.60. The molecule has 0 saturated heterocycles. The third kappa shape index (κ3) is 15.7. The van der Waals surface area contributed by atoms with Crippen LogP contribution in [0, 0.1) is 23.4 Å². The standard InChI is InChI=1S/C17H22N3OPSi.C12H13ClN3OP.C5H10Si.2CH4/c1-22(2,21)17-10-13(6-7-15(17)18)16-12-19-11-14(20-16)8-9-23(3,4)5;1-18(2,17)11-5-8(3-4-9(11)14)10-6-15-7-12(13)16-10;1-5-6(2,3)4;;/h6-7,10-12H,18H2,1-5H3;3-7H,14H2,1-2H3;1H,2-4H3;2*1H4. The molecule has 13 heteroatoms. The first-order valence-corrected chi connectivity index (χ1v) is 27.3. The number of terminal acetylenes is 1. The van der Waals surface area contributed by atoms with Gasteiger partial charge >= 0.3 is 0 Å². The van der Waals surface area contributed by atoms with E-state index in [0.29, 0.717) is 44.2 Å². The maximum absolute atomic E-state index is 12.4. The van der Waals surface area contributed by atoms with Gasteiger partial charge in [0.2, 0.25) is 0 Å². The van der Waals surface area contributed by atoms with E-state index in [1.807, 2.05) is 18.2 Å². The number of hydrogen-bond donors (Lipinski definition) is 2. The quantitative estimate of drug-likeness (QED) is 0.0915. The molecule has 0 unspecified atom stereocenters. The van der Waals surface area contributed by atoms with E-state index in [2.05, 4.69) is 76.2 Å². The van der Waals surface area contributed by atoms with Crippen molar-refractivity contribution in [3.63, 3.8) is 0 Å². The topological polar surface area (TPSA) is 138 Å². The molecule has 0 atom stereocenters. The molecule has 264 valence electrons. The number of anilines is 2. The fourth-order valence-corrected chi connectivity index (χ4v) is 6.58. The molecule has 2 aromatic heterocycles. The van der Waals surface area contributed by atoms with Crippen LogP contribution in [0.3, 0.4) is 0 Å². The molecule has 49 heavy (non-hydrogen) atoms. The molecule has 0 aliphatic carbocycles. The summed E-state index contributed by atoms with van der Waals surface area (Å²) in [6.07, 6.45) is 11.5. The van der Waals surface area contributed by atoms with Gasteiger partial charge in [-0.05, 0) is 50.9 Å². The van der Waals surface area contributed by atoms with Gasteiger partial charge < -0.3 is 20.6 Å². The summed E-state index contributed by atoms with van der Waals surface area (Å²) in [6.45, 7) is 19.8. The molecule has 0 amide bonds. The third-order valence-electron chi connectivity index (χ3n) is 6.05. The Bertz CT molecular complexity index is 1930. The zero-order chi connectivity index (χ0) is 35.8. The largest absolute Gasteiger partial charge is 0.398 e. The van der Waals surface area contributed by atoms with E-state index in [-0.39, 0.29) is 14.9 Å². The molecule has 2 aromatic carbocycles. The highest BCUT2D eigenvalue weighted by molar-refractivity contribution is 7.70. The average molecular weight is 755 g/mol. The van der Waals surface area contributed by atoms with Gasteiger partial charge in [0, 0.05) is 33.1 Å². The van der Waals surface area contributed by atoms with Crippen molar-refractivity contribution in [3.8, 4) is 45.9 Å². The zero-order valence-electron chi connectivity index (χ0n) is 28.9. The van der Waals surface area contributed by atoms with E-state index >= 15 is 0 Å². The van der Waals surface area contributed by atoms with Crippen molar-refractivity contribution in [2.75, 3.05) is 38.1 Å². The van der Waals surface area contributed by atoms with E-state index in [9.17, 15) is 9.13 Å². The van der Waals surface area contributed by atoms with Crippen LogP contribution in [0.15, 0.2) is 61.2 Å². The SMILES string of the molecule is C.C.C#C[Si](C)(C)C.CP(C)(=O)c1cc(-c2cncc(Cl)n2)ccc1N.C[Si](C)(C)C#Cc1cncc(-c2ccc(N)c(P(C)(C)=O)c2)n1. The summed E-state index contributed by atoms with van der Waals surface area (Å²) < 4.78 is 24.5. The van der Waals surface area contributed by atoms with Gasteiger partial charge in [0.25, 0.3) is 0 Å². The Kier molecular flexibility index (Phi) is 17.2. The maximum Gasteiger partial charge on any atom is 0.148 e. The molecular formula is C36H53ClN6O2P2Si2. The molecule has 0 fully saturated rings. The first kappa shape index (κ1) is 45.5. The summed E-state index contributed by atoms with van der Waals surface area (Å²) in [7, 11) is -7.43. The molecule has 2 heterocycles. The van der Waals surface area contributed by atoms with Gasteiger partial charge in [-0.1, -0.05) is 83.8 Å². The lowest BCUT2D eigenvalue weighted by Crippen LogP contribution is -2.16. The van der Waals surface area contributed by atoms with Crippen LogP contribution < -0.4 is 22.1 Å². The number of hydrogen-bond acceptors (Lipinski definition) is 8. The molecule has 4 rings (SSSR count).